The molecular weight excluding hydrogens is 414 g/mol. The number of nitrogens with one attached hydrogen (secondary N) is 1. The van der Waals surface area contributed by atoms with Gasteiger partial charge in [0, 0.05) is 36.6 Å². The molecule has 0 bridgehead atoms. The molecule has 2 aromatic rings. The largest absolute Gasteiger partial charge is 0.496 e. The van der Waals surface area contributed by atoms with Crippen LogP contribution in [0.3, 0.4) is 0 Å². The lowest BCUT2D eigenvalue weighted by molar-refractivity contribution is 0.0575. The highest BCUT2D eigenvalue weighted by Gasteiger charge is 2.33. The first kappa shape index (κ1) is 23.6. The van der Waals surface area contributed by atoms with Crippen LogP contribution in [0.1, 0.15) is 59.4 Å². The van der Waals surface area contributed by atoms with E-state index in [2.05, 4.69) is 20.9 Å². The van der Waals surface area contributed by atoms with Crippen LogP contribution in [0.4, 0.5) is 0 Å². The normalized spacial score (nSPS) is 20.8. The number of nitrogens with zero attached hydrogens (tertiary/aromatic N) is 2. The number of piperidine rings is 2. The molecule has 4 rings (SSSR count). The van der Waals surface area contributed by atoms with Crippen LogP contribution in [-0.4, -0.2) is 48.2 Å². The SMILES string of the molecule is COc1ccccc1CCn1c(C)cc(=O)c(C(=O)NC[C@@H]2CCCN3CCCC[C@H]23)c1C. The van der Waals surface area contributed by atoms with Gasteiger partial charge in [-0.15, -0.1) is 0 Å². The summed E-state index contributed by atoms with van der Waals surface area (Å²) in [6, 6.07) is 10.1. The van der Waals surface area contributed by atoms with Crippen molar-refractivity contribution < 1.29 is 9.53 Å². The van der Waals surface area contributed by atoms with Crippen molar-refractivity contribution in [3.8, 4) is 5.75 Å². The van der Waals surface area contributed by atoms with Gasteiger partial charge in [0.05, 0.1) is 7.11 Å². The first-order valence-corrected chi connectivity index (χ1v) is 12.3. The number of hydrogen-bond acceptors (Lipinski definition) is 4. The molecule has 1 N–H and O–H groups in total. The van der Waals surface area contributed by atoms with Crippen LogP contribution in [0, 0.1) is 19.8 Å². The van der Waals surface area contributed by atoms with Crippen molar-refractivity contribution in [2.75, 3.05) is 26.7 Å². The zero-order valence-electron chi connectivity index (χ0n) is 20.2. The Morgan fingerprint density at radius 1 is 1.12 bits per heavy atom. The zero-order chi connectivity index (χ0) is 23.4. The van der Waals surface area contributed by atoms with Gasteiger partial charge in [-0.3, -0.25) is 9.59 Å². The average Bonchev–Trinajstić information content (AvgIpc) is 2.82. The topological polar surface area (TPSA) is 63.6 Å². The summed E-state index contributed by atoms with van der Waals surface area (Å²) in [5.74, 6) is 1.09. The lowest BCUT2D eigenvalue weighted by atomic mass is 9.83. The average molecular weight is 452 g/mol. The molecule has 2 aliphatic heterocycles. The van der Waals surface area contributed by atoms with E-state index >= 15 is 0 Å². The standard InChI is InChI=1S/C27H37N3O3/c1-19-17-24(31)26(20(2)30(19)16-13-21-9-4-5-12-25(21)33-3)27(32)28-18-22-10-8-15-29-14-7-6-11-23(22)29/h4-5,9,12,17,22-23H,6-8,10-11,13-16,18H2,1-3H3,(H,28,32)/t22-,23+/m0/s1. The second kappa shape index (κ2) is 10.6. The molecule has 0 spiro atoms. The molecule has 2 atom stereocenters. The van der Waals surface area contributed by atoms with E-state index in [-0.39, 0.29) is 16.9 Å². The molecule has 2 fully saturated rings. The number of benzene rings is 1. The number of para-hydroxylation sites is 1. The molecule has 0 aliphatic carbocycles. The van der Waals surface area contributed by atoms with E-state index in [4.69, 9.17) is 4.74 Å². The minimum absolute atomic E-state index is 0.195. The Morgan fingerprint density at radius 2 is 1.91 bits per heavy atom. The first-order valence-electron chi connectivity index (χ1n) is 12.3. The van der Waals surface area contributed by atoms with E-state index < -0.39 is 0 Å². The summed E-state index contributed by atoms with van der Waals surface area (Å²) in [7, 11) is 1.68. The number of carbonyl (C=O) groups is 1. The van der Waals surface area contributed by atoms with Gasteiger partial charge in [-0.2, -0.15) is 0 Å². The van der Waals surface area contributed by atoms with E-state index in [0.717, 1.165) is 35.5 Å². The molecule has 178 valence electrons. The predicted octanol–water partition coefficient (Wildman–Crippen LogP) is 3.71. The molecule has 1 aromatic carbocycles. The smallest absolute Gasteiger partial charge is 0.257 e. The third-order valence-corrected chi connectivity index (χ3v) is 7.56. The van der Waals surface area contributed by atoms with Gasteiger partial charge >= 0.3 is 0 Å². The highest BCUT2D eigenvalue weighted by atomic mass is 16.5. The third kappa shape index (κ3) is 5.16. The van der Waals surface area contributed by atoms with Crippen molar-refractivity contribution in [3.05, 3.63) is 63.1 Å². The molecule has 1 aromatic heterocycles. The van der Waals surface area contributed by atoms with Gasteiger partial charge in [0.1, 0.15) is 11.3 Å². The second-order valence-corrected chi connectivity index (χ2v) is 9.54. The number of hydrogen-bond donors (Lipinski definition) is 1. The monoisotopic (exact) mass is 451 g/mol. The highest BCUT2D eigenvalue weighted by Crippen LogP contribution is 2.30. The Kier molecular flexibility index (Phi) is 7.53. The van der Waals surface area contributed by atoms with Crippen molar-refractivity contribution in [1.29, 1.82) is 0 Å². The summed E-state index contributed by atoms with van der Waals surface area (Å²) in [6.07, 6.45) is 6.88. The Hall–Kier alpha value is -2.60. The zero-order valence-corrected chi connectivity index (χ0v) is 20.2. The summed E-state index contributed by atoms with van der Waals surface area (Å²) in [6.45, 7) is 7.51. The van der Waals surface area contributed by atoms with Gasteiger partial charge in [-0.1, -0.05) is 24.6 Å². The number of amides is 1. The number of pyridine rings is 1. The van der Waals surface area contributed by atoms with E-state index in [0.29, 0.717) is 25.0 Å². The Labute approximate surface area is 196 Å². The van der Waals surface area contributed by atoms with Gasteiger partial charge in [-0.05, 0) is 76.6 Å². The van der Waals surface area contributed by atoms with Crippen LogP contribution in [0.5, 0.6) is 5.75 Å². The van der Waals surface area contributed by atoms with Crippen molar-refractivity contribution in [3.63, 3.8) is 0 Å². The molecule has 1 amide bonds. The fraction of sp³-hybridized carbons (Fsp3) is 0.556. The van der Waals surface area contributed by atoms with Gasteiger partial charge in [-0.25, -0.2) is 0 Å². The second-order valence-electron chi connectivity index (χ2n) is 9.54. The Balaban J connectivity index is 1.48. The van der Waals surface area contributed by atoms with Crippen LogP contribution in [0.25, 0.3) is 0 Å². The minimum Gasteiger partial charge on any atom is -0.496 e. The fourth-order valence-electron chi connectivity index (χ4n) is 5.81. The number of carbonyl (C=O) groups excluding carboxylic acids is 1. The van der Waals surface area contributed by atoms with E-state index in [1.807, 2.05) is 32.0 Å². The van der Waals surface area contributed by atoms with E-state index in [9.17, 15) is 9.59 Å². The molecule has 6 heteroatoms. The van der Waals surface area contributed by atoms with Gasteiger partial charge in [0.2, 0.25) is 0 Å². The number of aryl methyl sites for hydroxylation is 2. The molecule has 2 aliphatic rings. The fourth-order valence-corrected chi connectivity index (χ4v) is 5.81. The van der Waals surface area contributed by atoms with Gasteiger partial charge in [0.25, 0.3) is 5.91 Å². The number of methoxy groups -OCH3 is 1. The molecule has 33 heavy (non-hydrogen) atoms. The molecule has 3 heterocycles. The summed E-state index contributed by atoms with van der Waals surface area (Å²) >= 11 is 0. The third-order valence-electron chi connectivity index (χ3n) is 7.56. The molecular formula is C27H37N3O3. The van der Waals surface area contributed by atoms with Crippen molar-refractivity contribution in [1.82, 2.24) is 14.8 Å². The van der Waals surface area contributed by atoms with E-state index in [1.54, 1.807) is 13.2 Å². The maximum Gasteiger partial charge on any atom is 0.257 e. The summed E-state index contributed by atoms with van der Waals surface area (Å²) in [4.78, 5) is 28.6. The lowest BCUT2D eigenvalue weighted by Gasteiger charge is -2.44. The Morgan fingerprint density at radius 3 is 2.73 bits per heavy atom. The van der Waals surface area contributed by atoms with Gasteiger partial charge in [0.15, 0.2) is 5.43 Å². The number of aromatic nitrogens is 1. The number of rotatable bonds is 7. The van der Waals surface area contributed by atoms with Crippen LogP contribution < -0.4 is 15.5 Å². The quantitative estimate of drug-likeness (QED) is 0.697. The van der Waals surface area contributed by atoms with Crippen LogP contribution in [-0.2, 0) is 13.0 Å². The molecule has 0 radical (unpaired) electrons. The van der Waals surface area contributed by atoms with Crippen LogP contribution in [0.2, 0.25) is 0 Å². The van der Waals surface area contributed by atoms with Crippen LogP contribution in [0.15, 0.2) is 35.1 Å². The maximum absolute atomic E-state index is 13.2. The molecule has 0 saturated carbocycles. The van der Waals surface area contributed by atoms with Gasteiger partial charge < -0.3 is 19.5 Å². The van der Waals surface area contributed by atoms with Crippen molar-refractivity contribution in [2.24, 2.45) is 5.92 Å². The first-order chi connectivity index (χ1) is 16.0. The summed E-state index contributed by atoms with van der Waals surface area (Å²) < 4.78 is 7.55. The van der Waals surface area contributed by atoms with Crippen LogP contribution >= 0.6 is 0 Å². The number of ether oxygens (including phenoxy) is 1. The number of fused-ring (bicyclic) bond motifs is 1. The highest BCUT2D eigenvalue weighted by molar-refractivity contribution is 5.95. The predicted molar refractivity (Wildman–Crippen MR) is 131 cm³/mol. The molecule has 0 unspecified atom stereocenters. The maximum atomic E-state index is 13.2. The van der Waals surface area contributed by atoms with Crippen molar-refractivity contribution >= 4 is 5.91 Å². The lowest BCUT2D eigenvalue weighted by Crippen LogP contribution is -2.51. The molecule has 6 nitrogen and oxygen atoms in total. The Bertz CT molecular complexity index is 1040. The summed E-state index contributed by atoms with van der Waals surface area (Å²) in [5, 5.41) is 3.12. The van der Waals surface area contributed by atoms with E-state index in [1.165, 1.54) is 38.8 Å². The minimum atomic E-state index is -0.239. The molecule has 2 saturated heterocycles. The summed E-state index contributed by atoms with van der Waals surface area (Å²) in [5.41, 5.74) is 2.79. The van der Waals surface area contributed by atoms with Crippen molar-refractivity contribution in [2.45, 2.75) is 65.0 Å².